The normalized spacial score (nSPS) is 22.1. The van der Waals surface area contributed by atoms with Gasteiger partial charge in [-0.1, -0.05) is 6.92 Å². The molecular weight excluding hydrogens is 214 g/mol. The molecule has 0 saturated carbocycles. The third kappa shape index (κ3) is 5.49. The molecule has 0 aromatic rings. The summed E-state index contributed by atoms with van der Waals surface area (Å²) in [5, 5.41) is 3.30. The molecule has 0 amide bonds. The zero-order valence-corrected chi connectivity index (χ0v) is 10.2. The zero-order chi connectivity index (χ0) is 11.1. The van der Waals surface area contributed by atoms with Crippen LogP contribution in [0.1, 0.15) is 26.2 Å². The lowest BCUT2D eigenvalue weighted by molar-refractivity contribution is 0.129. The highest BCUT2D eigenvalue weighted by atomic mass is 32.2. The molecule has 1 fully saturated rings. The minimum atomic E-state index is -2.87. The van der Waals surface area contributed by atoms with Gasteiger partial charge in [-0.3, -0.25) is 0 Å². The van der Waals surface area contributed by atoms with Crippen molar-refractivity contribution in [2.75, 3.05) is 31.3 Å². The van der Waals surface area contributed by atoms with Gasteiger partial charge in [-0.25, -0.2) is 8.42 Å². The van der Waals surface area contributed by atoms with Gasteiger partial charge >= 0.3 is 0 Å². The summed E-state index contributed by atoms with van der Waals surface area (Å²) < 4.78 is 28.0. The van der Waals surface area contributed by atoms with E-state index in [9.17, 15) is 8.42 Å². The number of hydrogen-bond donors (Lipinski definition) is 1. The summed E-state index contributed by atoms with van der Waals surface area (Å²) in [4.78, 5) is 0. The zero-order valence-electron chi connectivity index (χ0n) is 9.37. The second-order valence-electron chi connectivity index (χ2n) is 4.02. The molecule has 1 N–H and O–H groups in total. The third-order valence-corrected chi connectivity index (χ3v) is 4.35. The van der Waals surface area contributed by atoms with E-state index in [0.717, 1.165) is 13.0 Å². The molecule has 1 saturated heterocycles. The number of rotatable bonds is 7. The maximum atomic E-state index is 11.3. The Hall–Kier alpha value is -0.130. The van der Waals surface area contributed by atoms with Crippen LogP contribution in [0.3, 0.4) is 0 Å². The molecule has 15 heavy (non-hydrogen) atoms. The van der Waals surface area contributed by atoms with Gasteiger partial charge in [-0.15, -0.1) is 0 Å². The van der Waals surface area contributed by atoms with Crippen molar-refractivity contribution >= 4 is 9.84 Å². The van der Waals surface area contributed by atoms with Gasteiger partial charge in [0, 0.05) is 11.8 Å². The van der Waals surface area contributed by atoms with E-state index in [-0.39, 0.29) is 11.5 Å². The topological polar surface area (TPSA) is 55.4 Å². The Morgan fingerprint density at radius 1 is 1.40 bits per heavy atom. The SMILES string of the molecule is CCCS(=O)(=O)CCOCC1CCCN1. The predicted molar refractivity (Wildman–Crippen MR) is 60.8 cm³/mol. The molecule has 0 aromatic carbocycles. The summed E-state index contributed by atoms with van der Waals surface area (Å²) in [6.07, 6.45) is 3.02. The van der Waals surface area contributed by atoms with Crippen LogP contribution < -0.4 is 5.32 Å². The molecule has 90 valence electrons. The summed E-state index contributed by atoms with van der Waals surface area (Å²) in [5.41, 5.74) is 0. The van der Waals surface area contributed by atoms with Gasteiger partial charge in [0.05, 0.1) is 19.0 Å². The quantitative estimate of drug-likeness (QED) is 0.656. The fourth-order valence-electron chi connectivity index (χ4n) is 1.72. The molecule has 1 aliphatic heterocycles. The fourth-order valence-corrected chi connectivity index (χ4v) is 2.92. The first-order valence-electron chi connectivity index (χ1n) is 5.65. The van der Waals surface area contributed by atoms with Crippen LogP contribution in [0.15, 0.2) is 0 Å². The third-order valence-electron chi connectivity index (χ3n) is 2.54. The molecular formula is C10H21NO3S. The fraction of sp³-hybridized carbons (Fsp3) is 1.00. The minimum absolute atomic E-state index is 0.160. The molecule has 0 aromatic heterocycles. The lowest BCUT2D eigenvalue weighted by Crippen LogP contribution is -2.28. The Bertz CT molecular complexity index is 258. The van der Waals surface area contributed by atoms with Crippen molar-refractivity contribution in [3.8, 4) is 0 Å². The van der Waals surface area contributed by atoms with E-state index in [4.69, 9.17) is 4.74 Å². The smallest absolute Gasteiger partial charge is 0.152 e. The van der Waals surface area contributed by atoms with Gasteiger partial charge in [0.25, 0.3) is 0 Å². The van der Waals surface area contributed by atoms with E-state index in [1.54, 1.807) is 0 Å². The Morgan fingerprint density at radius 3 is 2.80 bits per heavy atom. The number of nitrogens with one attached hydrogen (secondary N) is 1. The lowest BCUT2D eigenvalue weighted by Gasteiger charge is -2.10. The molecule has 4 nitrogen and oxygen atoms in total. The highest BCUT2D eigenvalue weighted by Crippen LogP contribution is 2.05. The highest BCUT2D eigenvalue weighted by molar-refractivity contribution is 7.91. The average molecular weight is 235 g/mol. The van der Waals surface area contributed by atoms with Gasteiger partial charge in [0.15, 0.2) is 9.84 Å². The van der Waals surface area contributed by atoms with Crippen molar-refractivity contribution in [3.63, 3.8) is 0 Å². The molecule has 1 atom stereocenters. The van der Waals surface area contributed by atoms with Crippen LogP contribution >= 0.6 is 0 Å². The van der Waals surface area contributed by atoms with Gasteiger partial charge in [-0.2, -0.15) is 0 Å². The molecule has 5 heteroatoms. The molecule has 0 aliphatic carbocycles. The molecule has 1 heterocycles. The van der Waals surface area contributed by atoms with Crippen LogP contribution in [0, 0.1) is 0 Å². The number of sulfone groups is 1. The van der Waals surface area contributed by atoms with Crippen LogP contribution in [0.25, 0.3) is 0 Å². The number of ether oxygens (including phenoxy) is 1. The summed E-state index contributed by atoms with van der Waals surface area (Å²) in [5.74, 6) is 0.436. The van der Waals surface area contributed by atoms with Crippen molar-refractivity contribution in [1.29, 1.82) is 0 Å². The van der Waals surface area contributed by atoms with Gasteiger partial charge in [-0.05, 0) is 25.8 Å². The predicted octanol–water partition coefficient (Wildman–Crippen LogP) is 0.580. The van der Waals surface area contributed by atoms with Crippen LogP contribution in [-0.2, 0) is 14.6 Å². The van der Waals surface area contributed by atoms with Crippen molar-refractivity contribution in [2.45, 2.75) is 32.2 Å². The first-order valence-corrected chi connectivity index (χ1v) is 7.48. The van der Waals surface area contributed by atoms with E-state index in [0.29, 0.717) is 25.7 Å². The Kier molecular flexibility index (Phi) is 5.56. The number of hydrogen-bond acceptors (Lipinski definition) is 4. The monoisotopic (exact) mass is 235 g/mol. The molecule has 0 radical (unpaired) electrons. The highest BCUT2D eigenvalue weighted by Gasteiger charge is 2.14. The van der Waals surface area contributed by atoms with Gasteiger partial charge in [0.2, 0.25) is 0 Å². The lowest BCUT2D eigenvalue weighted by atomic mass is 10.2. The summed E-state index contributed by atoms with van der Waals surface area (Å²) in [6, 6.07) is 0.430. The molecule has 1 aliphatic rings. The second kappa shape index (κ2) is 6.45. The Morgan fingerprint density at radius 2 is 2.20 bits per heavy atom. The Labute approximate surface area is 92.3 Å². The molecule has 0 spiro atoms. The summed E-state index contributed by atoms with van der Waals surface area (Å²) in [6.45, 7) is 3.91. The summed E-state index contributed by atoms with van der Waals surface area (Å²) in [7, 11) is -2.87. The van der Waals surface area contributed by atoms with Crippen LogP contribution in [-0.4, -0.2) is 45.7 Å². The van der Waals surface area contributed by atoms with E-state index in [1.165, 1.54) is 6.42 Å². The van der Waals surface area contributed by atoms with E-state index < -0.39 is 9.84 Å². The van der Waals surface area contributed by atoms with Crippen molar-refractivity contribution in [3.05, 3.63) is 0 Å². The maximum Gasteiger partial charge on any atom is 0.152 e. The van der Waals surface area contributed by atoms with Crippen LogP contribution in [0.4, 0.5) is 0 Å². The largest absolute Gasteiger partial charge is 0.379 e. The van der Waals surface area contributed by atoms with Crippen LogP contribution in [0.2, 0.25) is 0 Å². The molecule has 1 unspecified atom stereocenters. The van der Waals surface area contributed by atoms with Crippen molar-refractivity contribution in [2.24, 2.45) is 0 Å². The van der Waals surface area contributed by atoms with Crippen LogP contribution in [0.5, 0.6) is 0 Å². The minimum Gasteiger partial charge on any atom is -0.379 e. The summed E-state index contributed by atoms with van der Waals surface area (Å²) >= 11 is 0. The maximum absolute atomic E-state index is 11.3. The first kappa shape index (κ1) is 12.9. The van der Waals surface area contributed by atoms with Crippen molar-refractivity contribution in [1.82, 2.24) is 5.32 Å². The van der Waals surface area contributed by atoms with Gasteiger partial charge in [0.1, 0.15) is 0 Å². The molecule has 0 bridgehead atoms. The molecule has 1 rings (SSSR count). The Balaban J connectivity index is 2.05. The standard InChI is InChI=1S/C10H21NO3S/c1-2-7-15(12,13)8-6-14-9-10-4-3-5-11-10/h10-11H,2-9H2,1H3. The van der Waals surface area contributed by atoms with E-state index >= 15 is 0 Å². The second-order valence-corrected chi connectivity index (χ2v) is 6.32. The van der Waals surface area contributed by atoms with E-state index in [2.05, 4.69) is 5.32 Å². The van der Waals surface area contributed by atoms with Gasteiger partial charge < -0.3 is 10.1 Å². The average Bonchev–Trinajstić information content (AvgIpc) is 2.65. The first-order chi connectivity index (χ1) is 7.14. The van der Waals surface area contributed by atoms with E-state index in [1.807, 2.05) is 6.92 Å². The van der Waals surface area contributed by atoms with Crippen molar-refractivity contribution < 1.29 is 13.2 Å².